The van der Waals surface area contributed by atoms with Crippen LogP contribution < -0.4 is 10.6 Å². The number of aromatic amines is 1. The molecule has 1 amide bonds. The van der Waals surface area contributed by atoms with Gasteiger partial charge in [0.2, 0.25) is 5.95 Å². The molecule has 0 radical (unpaired) electrons. The second kappa shape index (κ2) is 7.61. The number of fused-ring (bicyclic) bond motifs is 2. The fourth-order valence-corrected chi connectivity index (χ4v) is 3.83. The SMILES string of the molecule is Cn1ncc2cc(NC(=O)c3ccc4nc(Nc5ccc(Cl)cc5Cl)[nH]c4c3)ccc21. The summed E-state index contributed by atoms with van der Waals surface area (Å²) in [7, 11) is 1.88. The highest BCUT2D eigenvalue weighted by molar-refractivity contribution is 6.36. The van der Waals surface area contributed by atoms with Gasteiger partial charge in [0.05, 0.1) is 33.5 Å². The molecule has 9 heteroatoms. The number of rotatable bonds is 4. The summed E-state index contributed by atoms with van der Waals surface area (Å²) in [5.41, 5.74) is 4.34. The number of halogens is 2. The van der Waals surface area contributed by atoms with E-state index in [2.05, 4.69) is 25.7 Å². The van der Waals surface area contributed by atoms with Crippen molar-refractivity contribution >= 4 is 68.4 Å². The summed E-state index contributed by atoms with van der Waals surface area (Å²) in [6.07, 6.45) is 1.77. The maximum atomic E-state index is 12.8. The molecular formula is C22H16Cl2N6O. The summed E-state index contributed by atoms with van der Waals surface area (Å²) in [5.74, 6) is 0.300. The van der Waals surface area contributed by atoms with Gasteiger partial charge in [-0.3, -0.25) is 9.48 Å². The molecule has 3 aromatic carbocycles. The molecule has 5 aromatic rings. The van der Waals surface area contributed by atoms with Gasteiger partial charge in [0, 0.05) is 28.7 Å². The van der Waals surface area contributed by atoms with Gasteiger partial charge in [0.15, 0.2) is 0 Å². The van der Waals surface area contributed by atoms with Crippen LogP contribution in [-0.4, -0.2) is 25.7 Å². The smallest absolute Gasteiger partial charge is 0.255 e. The molecule has 0 spiro atoms. The zero-order chi connectivity index (χ0) is 21.5. The molecule has 0 aliphatic heterocycles. The molecule has 31 heavy (non-hydrogen) atoms. The predicted molar refractivity (Wildman–Crippen MR) is 125 cm³/mol. The van der Waals surface area contributed by atoms with Crippen LogP contribution in [0.25, 0.3) is 21.9 Å². The first-order valence-corrected chi connectivity index (χ1v) is 10.2. The summed E-state index contributed by atoms with van der Waals surface area (Å²) in [5, 5.41) is 12.3. The summed E-state index contributed by atoms with van der Waals surface area (Å²) in [4.78, 5) is 20.4. The third kappa shape index (κ3) is 3.81. The number of hydrogen-bond donors (Lipinski definition) is 3. The van der Waals surface area contributed by atoms with Crippen molar-refractivity contribution in [2.24, 2.45) is 7.05 Å². The van der Waals surface area contributed by atoms with Crippen LogP contribution in [0.5, 0.6) is 0 Å². The first kappa shape index (κ1) is 19.4. The third-order valence-corrected chi connectivity index (χ3v) is 5.48. The van der Waals surface area contributed by atoms with Crippen molar-refractivity contribution in [1.29, 1.82) is 0 Å². The van der Waals surface area contributed by atoms with E-state index in [1.54, 1.807) is 47.3 Å². The zero-order valence-corrected chi connectivity index (χ0v) is 17.8. The van der Waals surface area contributed by atoms with Crippen LogP contribution in [-0.2, 0) is 7.05 Å². The normalized spacial score (nSPS) is 11.2. The molecule has 0 atom stereocenters. The number of imidazole rings is 1. The van der Waals surface area contributed by atoms with Gasteiger partial charge < -0.3 is 15.6 Å². The van der Waals surface area contributed by atoms with Crippen molar-refractivity contribution < 1.29 is 4.79 Å². The van der Waals surface area contributed by atoms with Gasteiger partial charge in [-0.25, -0.2) is 4.98 Å². The number of carbonyl (C=O) groups excluding carboxylic acids is 1. The number of anilines is 3. The minimum Gasteiger partial charge on any atom is -0.324 e. The van der Waals surface area contributed by atoms with Gasteiger partial charge in [-0.15, -0.1) is 0 Å². The topological polar surface area (TPSA) is 87.6 Å². The Balaban J connectivity index is 1.37. The van der Waals surface area contributed by atoms with E-state index >= 15 is 0 Å². The highest BCUT2D eigenvalue weighted by Crippen LogP contribution is 2.28. The molecule has 0 fully saturated rings. The fraction of sp³-hybridized carbons (Fsp3) is 0.0455. The van der Waals surface area contributed by atoms with E-state index in [1.807, 2.05) is 25.2 Å². The van der Waals surface area contributed by atoms with Gasteiger partial charge in [0.25, 0.3) is 5.91 Å². The van der Waals surface area contributed by atoms with Crippen LogP contribution >= 0.6 is 23.2 Å². The molecule has 154 valence electrons. The van der Waals surface area contributed by atoms with Crippen LogP contribution in [0.2, 0.25) is 10.0 Å². The van der Waals surface area contributed by atoms with Crippen LogP contribution in [0.4, 0.5) is 17.3 Å². The second-order valence-electron chi connectivity index (χ2n) is 7.06. The third-order valence-electron chi connectivity index (χ3n) is 4.93. The molecule has 2 aromatic heterocycles. The van der Waals surface area contributed by atoms with Gasteiger partial charge in [-0.1, -0.05) is 23.2 Å². The second-order valence-corrected chi connectivity index (χ2v) is 7.91. The molecule has 0 aliphatic rings. The molecular weight excluding hydrogens is 435 g/mol. The van der Waals surface area contributed by atoms with E-state index in [0.717, 1.165) is 21.9 Å². The van der Waals surface area contributed by atoms with Crippen molar-refractivity contribution in [3.63, 3.8) is 0 Å². The van der Waals surface area contributed by atoms with E-state index in [-0.39, 0.29) is 5.91 Å². The van der Waals surface area contributed by atoms with Crippen molar-refractivity contribution in [2.75, 3.05) is 10.6 Å². The molecule has 2 heterocycles. The molecule has 0 bridgehead atoms. The number of amides is 1. The van der Waals surface area contributed by atoms with E-state index in [4.69, 9.17) is 23.2 Å². The standard InChI is InChI=1S/C22H16Cl2N6O/c1-30-20-7-4-15(8-13(20)11-25-30)26-21(31)12-2-5-18-19(9-12)29-22(28-18)27-17-6-3-14(23)10-16(17)24/h2-11H,1H3,(H,26,31)(H2,27,28,29). The zero-order valence-electron chi connectivity index (χ0n) is 16.3. The number of benzene rings is 3. The first-order valence-electron chi connectivity index (χ1n) is 9.41. The largest absolute Gasteiger partial charge is 0.324 e. The predicted octanol–water partition coefficient (Wildman–Crippen LogP) is 5.75. The highest BCUT2D eigenvalue weighted by Gasteiger charge is 2.11. The fourth-order valence-electron chi connectivity index (χ4n) is 3.37. The van der Waals surface area contributed by atoms with Crippen LogP contribution in [0, 0.1) is 0 Å². The van der Waals surface area contributed by atoms with E-state index in [0.29, 0.717) is 32.9 Å². The molecule has 0 unspecified atom stereocenters. The molecule has 3 N–H and O–H groups in total. The lowest BCUT2D eigenvalue weighted by Gasteiger charge is -2.06. The van der Waals surface area contributed by atoms with Crippen LogP contribution in [0.15, 0.2) is 60.8 Å². The number of nitrogens with zero attached hydrogens (tertiary/aromatic N) is 3. The quantitative estimate of drug-likeness (QED) is 0.325. The van der Waals surface area contributed by atoms with E-state index in [1.165, 1.54) is 0 Å². The molecule has 0 saturated heterocycles. The average molecular weight is 451 g/mol. The Hall–Kier alpha value is -3.55. The maximum Gasteiger partial charge on any atom is 0.255 e. The van der Waals surface area contributed by atoms with Crippen LogP contribution in [0.1, 0.15) is 10.4 Å². The van der Waals surface area contributed by atoms with E-state index < -0.39 is 0 Å². The molecule has 0 saturated carbocycles. The molecule has 7 nitrogen and oxygen atoms in total. The lowest BCUT2D eigenvalue weighted by atomic mass is 10.1. The Morgan fingerprint density at radius 2 is 1.94 bits per heavy atom. The molecule has 5 rings (SSSR count). The Morgan fingerprint density at radius 3 is 2.77 bits per heavy atom. The Kier molecular flexibility index (Phi) is 4.77. The van der Waals surface area contributed by atoms with Crippen molar-refractivity contribution in [3.8, 4) is 0 Å². The Bertz CT molecular complexity index is 1460. The maximum absolute atomic E-state index is 12.8. The number of nitrogens with one attached hydrogen (secondary N) is 3. The lowest BCUT2D eigenvalue weighted by molar-refractivity contribution is 0.102. The van der Waals surface area contributed by atoms with Gasteiger partial charge >= 0.3 is 0 Å². The van der Waals surface area contributed by atoms with Crippen molar-refractivity contribution in [2.45, 2.75) is 0 Å². The van der Waals surface area contributed by atoms with Gasteiger partial charge in [0.1, 0.15) is 0 Å². The summed E-state index contributed by atoms with van der Waals surface area (Å²) in [6, 6.07) is 16.1. The van der Waals surface area contributed by atoms with Gasteiger partial charge in [-0.2, -0.15) is 5.10 Å². The molecule has 0 aliphatic carbocycles. The Labute approximate surface area is 187 Å². The minimum atomic E-state index is -0.213. The first-order chi connectivity index (χ1) is 15.0. The summed E-state index contributed by atoms with van der Waals surface area (Å²) >= 11 is 12.2. The number of hydrogen-bond acceptors (Lipinski definition) is 4. The summed E-state index contributed by atoms with van der Waals surface area (Å²) < 4.78 is 1.79. The van der Waals surface area contributed by atoms with Crippen LogP contribution in [0.3, 0.4) is 0 Å². The Morgan fingerprint density at radius 1 is 1.06 bits per heavy atom. The number of aryl methyl sites for hydroxylation is 1. The van der Waals surface area contributed by atoms with Gasteiger partial charge in [-0.05, 0) is 54.6 Å². The minimum absolute atomic E-state index is 0.213. The summed E-state index contributed by atoms with van der Waals surface area (Å²) in [6.45, 7) is 0. The van der Waals surface area contributed by atoms with Crippen molar-refractivity contribution in [1.82, 2.24) is 19.7 Å². The highest BCUT2D eigenvalue weighted by atomic mass is 35.5. The van der Waals surface area contributed by atoms with E-state index in [9.17, 15) is 4.79 Å². The number of carbonyl (C=O) groups is 1. The lowest BCUT2D eigenvalue weighted by Crippen LogP contribution is -2.11. The monoisotopic (exact) mass is 450 g/mol. The number of aromatic nitrogens is 4. The number of H-pyrrole nitrogens is 1. The van der Waals surface area contributed by atoms with Crippen molar-refractivity contribution in [3.05, 3.63) is 76.4 Å². The average Bonchev–Trinajstić information content (AvgIpc) is 3.32.